The molecule has 0 aliphatic rings. The Morgan fingerprint density at radius 1 is 1.55 bits per heavy atom. The molecular weight excluding hydrogens is 164 g/mol. The molecule has 0 bridgehead atoms. The van der Waals surface area contributed by atoms with Crippen LogP contribution in [0.5, 0.6) is 0 Å². The molecule has 11 heavy (non-hydrogen) atoms. The molecular formula is C7H10O3S. The van der Waals surface area contributed by atoms with E-state index in [4.69, 9.17) is 0 Å². The van der Waals surface area contributed by atoms with Crippen molar-refractivity contribution in [2.75, 3.05) is 5.75 Å². The summed E-state index contributed by atoms with van der Waals surface area (Å²) in [6.45, 7) is 4.80. The minimum atomic E-state index is -0.670. The van der Waals surface area contributed by atoms with Gasteiger partial charge in [-0.05, 0) is 6.92 Å². The highest BCUT2D eigenvalue weighted by Gasteiger charge is 2.08. The maximum atomic E-state index is 10.7. The van der Waals surface area contributed by atoms with Crippen LogP contribution in [0.1, 0.15) is 13.3 Å². The quantitative estimate of drug-likeness (QED) is 0.300. The predicted octanol–water partition coefficient (Wildman–Crippen LogP) is 0.952. The maximum absolute atomic E-state index is 10.7. The van der Waals surface area contributed by atoms with Gasteiger partial charge in [-0.2, -0.15) is 12.6 Å². The van der Waals surface area contributed by atoms with Gasteiger partial charge >= 0.3 is 11.9 Å². The van der Waals surface area contributed by atoms with Gasteiger partial charge in [-0.25, -0.2) is 4.79 Å². The molecule has 0 atom stereocenters. The molecule has 0 aliphatic heterocycles. The third-order valence-electron chi connectivity index (χ3n) is 0.871. The predicted molar refractivity (Wildman–Crippen MR) is 44.4 cm³/mol. The number of hydrogen-bond acceptors (Lipinski definition) is 4. The molecule has 0 saturated carbocycles. The number of carbonyl (C=O) groups excluding carboxylic acids is 2. The standard InChI is InChI=1S/C7H10O3S/c1-5(2)7(9)10-6(8)3-4-11/h11H,1,3-4H2,2H3. The molecule has 62 valence electrons. The Bertz CT molecular complexity index is 186. The van der Waals surface area contributed by atoms with Gasteiger partial charge < -0.3 is 4.74 Å². The van der Waals surface area contributed by atoms with Crippen molar-refractivity contribution in [3.8, 4) is 0 Å². The molecule has 4 heteroatoms. The van der Waals surface area contributed by atoms with Crippen molar-refractivity contribution in [2.45, 2.75) is 13.3 Å². The monoisotopic (exact) mass is 174 g/mol. The van der Waals surface area contributed by atoms with Crippen molar-refractivity contribution in [1.29, 1.82) is 0 Å². The SMILES string of the molecule is C=C(C)C(=O)OC(=O)CCS. The molecule has 0 saturated heterocycles. The van der Waals surface area contributed by atoms with Gasteiger partial charge in [0.05, 0.1) is 6.42 Å². The molecule has 0 fully saturated rings. The molecule has 0 aromatic rings. The lowest BCUT2D eigenvalue weighted by atomic mass is 10.4. The number of hydrogen-bond donors (Lipinski definition) is 1. The van der Waals surface area contributed by atoms with Crippen molar-refractivity contribution >= 4 is 24.6 Å². The fourth-order valence-electron chi connectivity index (χ4n) is 0.333. The fraction of sp³-hybridized carbons (Fsp3) is 0.429. The van der Waals surface area contributed by atoms with Gasteiger partial charge in [0, 0.05) is 11.3 Å². The second-order valence-corrected chi connectivity index (χ2v) is 2.46. The summed E-state index contributed by atoms with van der Waals surface area (Å²) in [4.78, 5) is 21.3. The zero-order valence-corrected chi connectivity index (χ0v) is 7.19. The Hall–Kier alpha value is -0.770. The summed E-state index contributed by atoms with van der Waals surface area (Å²) in [7, 11) is 0. The summed E-state index contributed by atoms with van der Waals surface area (Å²) >= 11 is 3.80. The van der Waals surface area contributed by atoms with Gasteiger partial charge in [-0.3, -0.25) is 4.79 Å². The highest BCUT2D eigenvalue weighted by Crippen LogP contribution is 1.95. The van der Waals surface area contributed by atoms with E-state index < -0.39 is 11.9 Å². The topological polar surface area (TPSA) is 43.4 Å². The number of carbonyl (C=O) groups is 2. The number of rotatable bonds is 3. The van der Waals surface area contributed by atoms with Crippen LogP contribution in [0.25, 0.3) is 0 Å². The van der Waals surface area contributed by atoms with Crippen LogP contribution in [-0.2, 0) is 14.3 Å². The molecule has 0 spiro atoms. The minimum absolute atomic E-state index is 0.141. The van der Waals surface area contributed by atoms with Crippen LogP contribution in [0.3, 0.4) is 0 Å². The number of thiol groups is 1. The lowest BCUT2D eigenvalue weighted by Gasteiger charge is -1.99. The molecule has 0 amide bonds. The number of esters is 2. The largest absolute Gasteiger partial charge is 0.390 e. The second-order valence-electron chi connectivity index (χ2n) is 2.02. The van der Waals surface area contributed by atoms with Gasteiger partial charge in [-0.1, -0.05) is 6.58 Å². The Balaban J connectivity index is 3.76. The molecule has 0 heterocycles. The lowest BCUT2D eigenvalue weighted by Crippen LogP contribution is -2.12. The summed E-state index contributed by atoms with van der Waals surface area (Å²) < 4.78 is 4.33. The van der Waals surface area contributed by atoms with E-state index in [1.807, 2.05) is 0 Å². The Morgan fingerprint density at radius 2 is 2.09 bits per heavy atom. The van der Waals surface area contributed by atoms with Crippen molar-refractivity contribution in [3.05, 3.63) is 12.2 Å². The first-order valence-corrected chi connectivity index (χ1v) is 3.72. The molecule has 0 radical (unpaired) electrons. The first kappa shape index (κ1) is 10.2. The molecule has 0 N–H and O–H groups in total. The van der Waals surface area contributed by atoms with Crippen LogP contribution >= 0.6 is 12.6 Å². The van der Waals surface area contributed by atoms with Crippen LogP contribution in [0, 0.1) is 0 Å². The van der Waals surface area contributed by atoms with Crippen LogP contribution < -0.4 is 0 Å². The van der Waals surface area contributed by atoms with Crippen LogP contribution in [0.15, 0.2) is 12.2 Å². The highest BCUT2D eigenvalue weighted by molar-refractivity contribution is 7.80. The van der Waals surface area contributed by atoms with Crippen molar-refractivity contribution in [2.24, 2.45) is 0 Å². The summed E-state index contributed by atoms with van der Waals surface area (Å²) in [5.41, 5.74) is 0.220. The molecule has 3 nitrogen and oxygen atoms in total. The average Bonchev–Trinajstić information content (AvgIpc) is 1.87. The van der Waals surface area contributed by atoms with Crippen molar-refractivity contribution < 1.29 is 14.3 Å². The molecule has 0 rings (SSSR count). The molecule has 0 aromatic heterocycles. The van der Waals surface area contributed by atoms with Crippen LogP contribution in [0.2, 0.25) is 0 Å². The minimum Gasteiger partial charge on any atom is -0.390 e. The molecule has 0 aliphatic carbocycles. The summed E-state index contributed by atoms with van der Waals surface area (Å²) in [6, 6.07) is 0. The van der Waals surface area contributed by atoms with Crippen LogP contribution in [0.4, 0.5) is 0 Å². The van der Waals surface area contributed by atoms with E-state index in [1.54, 1.807) is 0 Å². The van der Waals surface area contributed by atoms with Crippen LogP contribution in [-0.4, -0.2) is 17.7 Å². The van der Waals surface area contributed by atoms with E-state index in [0.29, 0.717) is 5.75 Å². The summed E-state index contributed by atoms with van der Waals surface area (Å²) in [6.07, 6.45) is 0.141. The average molecular weight is 174 g/mol. The first-order valence-electron chi connectivity index (χ1n) is 3.09. The van der Waals surface area contributed by atoms with Gasteiger partial charge in [0.15, 0.2) is 0 Å². The third kappa shape index (κ3) is 4.61. The van der Waals surface area contributed by atoms with Gasteiger partial charge in [0.25, 0.3) is 0 Å². The van der Waals surface area contributed by atoms with Gasteiger partial charge in [0.1, 0.15) is 0 Å². The molecule has 0 unspecified atom stereocenters. The van der Waals surface area contributed by atoms with E-state index in [0.717, 1.165) is 0 Å². The zero-order chi connectivity index (χ0) is 8.85. The summed E-state index contributed by atoms with van der Waals surface area (Å²) in [5.74, 6) is -0.854. The lowest BCUT2D eigenvalue weighted by molar-refractivity contribution is -0.156. The first-order chi connectivity index (χ1) is 5.07. The van der Waals surface area contributed by atoms with E-state index >= 15 is 0 Å². The van der Waals surface area contributed by atoms with E-state index in [9.17, 15) is 9.59 Å². The zero-order valence-electron chi connectivity index (χ0n) is 6.29. The van der Waals surface area contributed by atoms with Crippen molar-refractivity contribution in [3.63, 3.8) is 0 Å². The normalized spacial score (nSPS) is 8.91. The Morgan fingerprint density at radius 3 is 2.45 bits per heavy atom. The second kappa shape index (κ2) is 4.96. The van der Waals surface area contributed by atoms with Crippen molar-refractivity contribution in [1.82, 2.24) is 0 Å². The Kier molecular flexibility index (Phi) is 4.61. The smallest absolute Gasteiger partial charge is 0.340 e. The molecule has 0 aromatic carbocycles. The fourth-order valence-corrected chi connectivity index (χ4v) is 0.515. The van der Waals surface area contributed by atoms with E-state index in [-0.39, 0.29) is 12.0 Å². The number of ether oxygens (including phenoxy) is 1. The highest BCUT2D eigenvalue weighted by atomic mass is 32.1. The summed E-state index contributed by atoms with van der Waals surface area (Å²) in [5, 5.41) is 0. The van der Waals surface area contributed by atoms with E-state index in [1.165, 1.54) is 6.92 Å². The third-order valence-corrected chi connectivity index (χ3v) is 1.09. The Labute approximate surface area is 70.8 Å². The van der Waals surface area contributed by atoms with Gasteiger partial charge in [0.2, 0.25) is 0 Å². The van der Waals surface area contributed by atoms with E-state index in [2.05, 4.69) is 23.9 Å². The van der Waals surface area contributed by atoms with Gasteiger partial charge in [-0.15, -0.1) is 0 Å². The maximum Gasteiger partial charge on any atom is 0.340 e.